The van der Waals surface area contributed by atoms with Crippen LogP contribution in [0, 0.1) is 26.6 Å². The Morgan fingerprint density at radius 1 is 0.900 bits per heavy atom. The first-order valence-corrected chi connectivity index (χ1v) is 15.5. The summed E-state index contributed by atoms with van der Waals surface area (Å²) in [5.74, 6) is -4.85. The van der Waals surface area contributed by atoms with Crippen molar-refractivity contribution in [1.29, 1.82) is 0 Å². The third kappa shape index (κ3) is 9.92. The summed E-state index contributed by atoms with van der Waals surface area (Å²) in [6, 6.07) is 1.29. The smallest absolute Gasteiger partial charge is 0.419 e. The number of carbonyl (C=O) groups is 2. The van der Waals surface area contributed by atoms with Crippen molar-refractivity contribution in [2.75, 3.05) is 20.6 Å². The summed E-state index contributed by atoms with van der Waals surface area (Å²) in [5, 5.41) is 11.9. The molecule has 0 aliphatic carbocycles. The Balaban J connectivity index is 2.27. The molecule has 1 aromatic heterocycles. The van der Waals surface area contributed by atoms with E-state index in [0.717, 1.165) is 31.7 Å². The molecule has 0 fully saturated rings. The number of carbonyl (C=O) groups excluding carboxylic acids is 1. The molecule has 274 valence electrons. The van der Waals surface area contributed by atoms with Crippen LogP contribution >= 0.6 is 0 Å². The fraction of sp³-hybridized carbons (Fsp3) is 0.457. The number of nitrogens with zero attached hydrogens (tertiary/aromatic N) is 2. The van der Waals surface area contributed by atoms with Crippen molar-refractivity contribution in [3.63, 3.8) is 0 Å². The van der Waals surface area contributed by atoms with Gasteiger partial charge in [-0.15, -0.1) is 0 Å². The molecule has 0 saturated carbocycles. The average Bonchev–Trinajstić information content (AvgIpc) is 2.93. The van der Waals surface area contributed by atoms with Crippen molar-refractivity contribution in [2.24, 2.45) is 0 Å². The molecule has 7 nitrogen and oxygen atoms in total. The Kier molecular flexibility index (Phi) is 12.0. The van der Waals surface area contributed by atoms with Crippen LogP contribution in [0.2, 0.25) is 0 Å². The number of aryl methyl sites for hydroxylation is 3. The van der Waals surface area contributed by atoms with Gasteiger partial charge < -0.3 is 19.9 Å². The van der Waals surface area contributed by atoms with E-state index in [9.17, 15) is 45.8 Å². The number of hydrogen-bond acceptors (Lipinski definition) is 4. The first kappa shape index (κ1) is 40.2. The lowest BCUT2D eigenvalue weighted by Gasteiger charge is -2.28. The lowest BCUT2D eigenvalue weighted by Crippen LogP contribution is -2.42. The Labute approximate surface area is 283 Å². The predicted octanol–water partition coefficient (Wildman–Crippen LogP) is 7.73. The number of pyridine rings is 1. The summed E-state index contributed by atoms with van der Waals surface area (Å²) in [6.45, 7) is 7.15. The van der Waals surface area contributed by atoms with Crippen LogP contribution in [0.1, 0.15) is 77.7 Å². The molecule has 15 heteroatoms. The maximum Gasteiger partial charge on any atom is 0.419 e. The third-order valence-electron chi connectivity index (χ3n) is 8.06. The molecule has 3 aromatic rings. The lowest BCUT2D eigenvalue weighted by atomic mass is 9.89. The van der Waals surface area contributed by atoms with Gasteiger partial charge in [0.2, 0.25) is 5.91 Å². The molecule has 1 heterocycles. The van der Waals surface area contributed by atoms with Crippen molar-refractivity contribution in [1.82, 2.24) is 14.8 Å². The number of halogens is 8. The molecule has 1 amide bonds. The van der Waals surface area contributed by atoms with Gasteiger partial charge in [-0.1, -0.05) is 17.7 Å². The highest BCUT2D eigenvalue weighted by Gasteiger charge is 2.40. The summed E-state index contributed by atoms with van der Waals surface area (Å²) in [5.41, 5.74) is -5.82. The van der Waals surface area contributed by atoms with Crippen molar-refractivity contribution in [2.45, 2.75) is 84.0 Å². The highest BCUT2D eigenvalue weighted by molar-refractivity contribution is 5.82. The summed E-state index contributed by atoms with van der Waals surface area (Å²) in [4.78, 5) is 40.5. The molecule has 50 heavy (non-hydrogen) atoms. The molecule has 2 atom stereocenters. The molecule has 0 aliphatic rings. The van der Waals surface area contributed by atoms with Crippen LogP contribution in [0.15, 0.2) is 41.3 Å². The fourth-order valence-corrected chi connectivity index (χ4v) is 5.99. The summed E-state index contributed by atoms with van der Waals surface area (Å²) in [7, 11) is 3.18. The SMILES string of the molecule is Cc1cc(C)c(-c2cc([C@H](CC(=O)O)NC(=O)C(CC(C)(C)F)n3cc(CCN(C)C)c(C(F)(F)F)cc3=O)c(F)c(C(F)(F)F)c2)c(C)c1. The van der Waals surface area contributed by atoms with Crippen LogP contribution < -0.4 is 10.9 Å². The number of carboxylic acids is 1. The van der Waals surface area contributed by atoms with Gasteiger partial charge in [-0.2, -0.15) is 26.3 Å². The Bertz CT molecular complexity index is 1780. The maximum absolute atomic E-state index is 15.8. The molecule has 0 radical (unpaired) electrons. The Hall–Kier alpha value is -4.27. The largest absolute Gasteiger partial charge is 0.481 e. The molecule has 0 bridgehead atoms. The summed E-state index contributed by atoms with van der Waals surface area (Å²) >= 11 is 0. The second-order valence-electron chi connectivity index (χ2n) is 13.3. The van der Waals surface area contributed by atoms with E-state index in [2.05, 4.69) is 5.32 Å². The molecule has 3 rings (SSSR count). The van der Waals surface area contributed by atoms with Crippen LogP contribution in [0.5, 0.6) is 0 Å². The van der Waals surface area contributed by atoms with Crippen LogP contribution in [-0.4, -0.2) is 52.8 Å². The molecule has 2 N–H and O–H groups in total. The number of benzene rings is 2. The zero-order valence-corrected chi connectivity index (χ0v) is 28.5. The van der Waals surface area contributed by atoms with Gasteiger partial charge in [0.05, 0.1) is 23.6 Å². The highest BCUT2D eigenvalue weighted by atomic mass is 19.4. The monoisotopic (exact) mass is 717 g/mol. The number of likely N-dealkylation sites (N-methyl/N-ethyl adjacent to an activating group) is 1. The Morgan fingerprint density at radius 3 is 1.94 bits per heavy atom. The lowest BCUT2D eigenvalue weighted by molar-refractivity contribution is -0.140. The second-order valence-corrected chi connectivity index (χ2v) is 13.3. The number of amides is 1. The number of aromatic nitrogens is 1. The Morgan fingerprint density at radius 2 is 1.46 bits per heavy atom. The van der Waals surface area contributed by atoms with E-state index in [4.69, 9.17) is 0 Å². The second kappa shape index (κ2) is 14.9. The van der Waals surface area contributed by atoms with Crippen molar-refractivity contribution in [3.8, 4) is 11.1 Å². The van der Waals surface area contributed by atoms with E-state index in [1.807, 2.05) is 0 Å². The normalized spacial score (nSPS) is 13.8. The molecular formula is C35H39F8N3O4. The van der Waals surface area contributed by atoms with E-state index in [-0.39, 0.29) is 24.6 Å². The molecule has 0 spiro atoms. The zero-order chi connectivity index (χ0) is 38.1. The molecule has 0 aliphatic heterocycles. The van der Waals surface area contributed by atoms with Gasteiger partial charge in [0, 0.05) is 30.8 Å². The number of nitrogens with one attached hydrogen (secondary N) is 1. The average molecular weight is 718 g/mol. The third-order valence-corrected chi connectivity index (χ3v) is 8.06. The predicted molar refractivity (Wildman–Crippen MR) is 171 cm³/mol. The topological polar surface area (TPSA) is 91.6 Å². The minimum atomic E-state index is -5.25. The van der Waals surface area contributed by atoms with Crippen molar-refractivity contribution >= 4 is 11.9 Å². The standard InChI is InChI=1S/C35H39F8N3O4/c1-18-10-19(2)30(20(3)11-18)22-12-23(31(36)25(13-22)35(41,42)43)26(15-29(48)49)44-32(50)27(16-33(4,5)37)46-17-21(8-9-45(6)7)24(14-28(46)47)34(38,39)40/h10-14,17,26-27H,8-9,15-16H2,1-7H3,(H,44,50)(H,48,49)/t26-,27?/m0/s1. The van der Waals surface area contributed by atoms with Gasteiger partial charge in [-0.05, 0) is 95.1 Å². The van der Waals surface area contributed by atoms with Gasteiger partial charge >= 0.3 is 18.3 Å². The quantitative estimate of drug-likeness (QED) is 0.187. The molecular weight excluding hydrogens is 678 g/mol. The van der Waals surface area contributed by atoms with E-state index in [1.54, 1.807) is 51.9 Å². The minimum absolute atomic E-state index is 0.0878. The van der Waals surface area contributed by atoms with Crippen LogP contribution in [0.3, 0.4) is 0 Å². The van der Waals surface area contributed by atoms with Gasteiger partial charge in [0.15, 0.2) is 0 Å². The molecule has 1 unspecified atom stereocenters. The van der Waals surface area contributed by atoms with Gasteiger partial charge in [-0.25, -0.2) is 8.78 Å². The number of alkyl halides is 7. The zero-order valence-electron chi connectivity index (χ0n) is 28.5. The van der Waals surface area contributed by atoms with Crippen LogP contribution in [0.4, 0.5) is 35.1 Å². The number of rotatable bonds is 12. The van der Waals surface area contributed by atoms with E-state index < -0.39 is 88.5 Å². The van der Waals surface area contributed by atoms with E-state index in [0.29, 0.717) is 27.3 Å². The fourth-order valence-electron chi connectivity index (χ4n) is 5.99. The first-order chi connectivity index (χ1) is 22.8. The van der Waals surface area contributed by atoms with Gasteiger partial charge in [0.1, 0.15) is 17.5 Å². The van der Waals surface area contributed by atoms with E-state index in [1.165, 1.54) is 0 Å². The number of aliphatic carboxylic acids is 1. The maximum atomic E-state index is 15.8. The highest BCUT2D eigenvalue weighted by Crippen LogP contribution is 2.40. The first-order valence-electron chi connectivity index (χ1n) is 15.5. The van der Waals surface area contributed by atoms with Gasteiger partial charge in [-0.3, -0.25) is 14.4 Å². The van der Waals surface area contributed by atoms with Crippen LogP contribution in [-0.2, 0) is 28.4 Å². The van der Waals surface area contributed by atoms with Gasteiger partial charge in [0.25, 0.3) is 5.56 Å². The van der Waals surface area contributed by atoms with E-state index >= 15 is 8.78 Å². The summed E-state index contributed by atoms with van der Waals surface area (Å²) < 4.78 is 116. The number of carboxylic acid groups (broad SMARTS) is 1. The molecule has 2 aromatic carbocycles. The minimum Gasteiger partial charge on any atom is -0.481 e. The van der Waals surface area contributed by atoms with Crippen molar-refractivity contribution < 1.29 is 49.8 Å². The molecule has 0 saturated heterocycles. The summed E-state index contributed by atoms with van der Waals surface area (Å²) in [6.07, 6.45) is -11.7. The number of hydrogen-bond donors (Lipinski definition) is 2. The van der Waals surface area contributed by atoms with Crippen LogP contribution in [0.25, 0.3) is 11.1 Å². The van der Waals surface area contributed by atoms with Crippen molar-refractivity contribution in [3.05, 3.63) is 91.6 Å².